The number of nitrogens with one attached hydrogen (secondary N) is 2. The molecule has 1 aromatic heterocycles. The van der Waals surface area contributed by atoms with Crippen molar-refractivity contribution in [2.24, 2.45) is 0 Å². The quantitative estimate of drug-likeness (QED) is 0.748. The molecule has 0 saturated carbocycles. The molecule has 8 heteroatoms. The minimum Gasteiger partial charge on any atom is -0.454 e. The smallest absolute Gasteiger partial charge is 0.249 e. The third-order valence-corrected chi connectivity index (χ3v) is 3.52. The van der Waals surface area contributed by atoms with Gasteiger partial charge in [-0.3, -0.25) is 0 Å². The molecule has 0 saturated heterocycles. The molecule has 0 spiro atoms. The SMILES string of the molecule is Clc1cccc(Nc2nncc(Nc3ccc4c(c3)OCO4)n2)c1. The standard InChI is InChI=1S/C16H12ClN5O2/c17-10-2-1-3-11(6-10)20-16-21-15(8-18-22-16)19-12-4-5-13-14(7-12)24-9-23-13/h1-8H,9H2,(H2,19,20,21,22). The number of hydrogen-bond acceptors (Lipinski definition) is 7. The van der Waals surface area contributed by atoms with Gasteiger partial charge in [0.15, 0.2) is 17.3 Å². The first-order chi connectivity index (χ1) is 11.8. The molecule has 120 valence electrons. The predicted molar refractivity (Wildman–Crippen MR) is 90.4 cm³/mol. The second kappa shape index (κ2) is 6.21. The molecule has 0 unspecified atom stereocenters. The van der Waals surface area contributed by atoms with E-state index in [1.165, 1.54) is 6.20 Å². The van der Waals surface area contributed by atoms with Gasteiger partial charge in [-0.05, 0) is 30.3 Å². The molecule has 2 aromatic carbocycles. The van der Waals surface area contributed by atoms with E-state index in [0.29, 0.717) is 22.5 Å². The molecule has 4 rings (SSSR count). The van der Waals surface area contributed by atoms with Crippen LogP contribution in [0.25, 0.3) is 0 Å². The van der Waals surface area contributed by atoms with Crippen molar-refractivity contribution in [3.05, 3.63) is 53.7 Å². The van der Waals surface area contributed by atoms with Crippen LogP contribution in [0.1, 0.15) is 0 Å². The van der Waals surface area contributed by atoms with Gasteiger partial charge in [0.25, 0.3) is 0 Å². The fourth-order valence-corrected chi connectivity index (χ4v) is 2.42. The molecule has 0 amide bonds. The molecule has 0 fully saturated rings. The number of aromatic nitrogens is 3. The van der Waals surface area contributed by atoms with E-state index in [1.54, 1.807) is 12.1 Å². The van der Waals surface area contributed by atoms with E-state index in [0.717, 1.165) is 17.1 Å². The molecule has 1 aliphatic rings. The highest BCUT2D eigenvalue weighted by Gasteiger charge is 2.13. The van der Waals surface area contributed by atoms with E-state index in [9.17, 15) is 0 Å². The van der Waals surface area contributed by atoms with Gasteiger partial charge in [0.1, 0.15) is 0 Å². The van der Waals surface area contributed by atoms with Gasteiger partial charge in [0.2, 0.25) is 12.7 Å². The number of hydrogen-bond donors (Lipinski definition) is 2. The summed E-state index contributed by atoms with van der Waals surface area (Å²) in [5.74, 6) is 2.33. The summed E-state index contributed by atoms with van der Waals surface area (Å²) in [6, 6.07) is 12.8. The first-order valence-electron chi connectivity index (χ1n) is 7.15. The zero-order valence-corrected chi connectivity index (χ0v) is 13.1. The Bertz CT molecular complexity index is 890. The van der Waals surface area contributed by atoms with Gasteiger partial charge in [0, 0.05) is 22.5 Å². The molecule has 0 atom stereocenters. The summed E-state index contributed by atoms with van der Waals surface area (Å²) in [5, 5.41) is 14.8. The normalized spacial score (nSPS) is 12.0. The fourth-order valence-electron chi connectivity index (χ4n) is 2.23. The van der Waals surface area contributed by atoms with Crippen molar-refractivity contribution in [1.82, 2.24) is 15.2 Å². The zero-order chi connectivity index (χ0) is 16.4. The van der Waals surface area contributed by atoms with Crippen molar-refractivity contribution >= 4 is 34.7 Å². The minimum absolute atomic E-state index is 0.238. The van der Waals surface area contributed by atoms with Crippen LogP contribution < -0.4 is 20.1 Å². The first-order valence-corrected chi connectivity index (χ1v) is 7.53. The van der Waals surface area contributed by atoms with Gasteiger partial charge >= 0.3 is 0 Å². The molecule has 24 heavy (non-hydrogen) atoms. The Morgan fingerprint density at radius 1 is 0.958 bits per heavy atom. The van der Waals surface area contributed by atoms with Crippen LogP contribution >= 0.6 is 11.6 Å². The molecule has 7 nitrogen and oxygen atoms in total. The summed E-state index contributed by atoms with van der Waals surface area (Å²) in [6.45, 7) is 0.238. The Morgan fingerprint density at radius 3 is 2.75 bits per heavy atom. The number of rotatable bonds is 4. The average Bonchev–Trinajstić information content (AvgIpc) is 3.03. The average molecular weight is 342 g/mol. The lowest BCUT2D eigenvalue weighted by Gasteiger charge is -2.08. The van der Waals surface area contributed by atoms with Gasteiger partial charge in [-0.2, -0.15) is 10.1 Å². The minimum atomic E-state index is 0.238. The number of halogens is 1. The van der Waals surface area contributed by atoms with Gasteiger partial charge < -0.3 is 20.1 Å². The van der Waals surface area contributed by atoms with Gasteiger partial charge in [0.05, 0.1) is 6.20 Å². The van der Waals surface area contributed by atoms with Crippen LogP contribution in [0.4, 0.5) is 23.1 Å². The molecule has 1 aliphatic heterocycles. The van der Waals surface area contributed by atoms with E-state index in [2.05, 4.69) is 25.8 Å². The molecule has 0 radical (unpaired) electrons. The zero-order valence-electron chi connectivity index (χ0n) is 12.4. The largest absolute Gasteiger partial charge is 0.454 e. The Balaban J connectivity index is 1.52. The van der Waals surface area contributed by atoms with Crippen LogP contribution in [0.2, 0.25) is 5.02 Å². The van der Waals surface area contributed by atoms with E-state index in [1.807, 2.05) is 30.3 Å². The van der Waals surface area contributed by atoms with Crippen LogP contribution in [0, 0.1) is 0 Å². The lowest BCUT2D eigenvalue weighted by atomic mass is 10.3. The number of anilines is 4. The molecular weight excluding hydrogens is 330 g/mol. The van der Waals surface area contributed by atoms with E-state index in [4.69, 9.17) is 21.1 Å². The summed E-state index contributed by atoms with van der Waals surface area (Å²) in [4.78, 5) is 4.38. The van der Waals surface area contributed by atoms with Crippen LogP contribution in [0.15, 0.2) is 48.7 Å². The van der Waals surface area contributed by atoms with Crippen molar-refractivity contribution in [2.75, 3.05) is 17.4 Å². The van der Waals surface area contributed by atoms with Crippen LogP contribution in [0.3, 0.4) is 0 Å². The highest BCUT2D eigenvalue weighted by molar-refractivity contribution is 6.30. The molecule has 0 aliphatic carbocycles. The lowest BCUT2D eigenvalue weighted by Crippen LogP contribution is -2.02. The van der Waals surface area contributed by atoms with Gasteiger partial charge in [-0.1, -0.05) is 17.7 Å². The molecule has 2 N–H and O–H groups in total. The third-order valence-electron chi connectivity index (χ3n) is 3.28. The monoisotopic (exact) mass is 341 g/mol. The topological polar surface area (TPSA) is 81.2 Å². The van der Waals surface area contributed by atoms with Crippen molar-refractivity contribution in [3.63, 3.8) is 0 Å². The second-order valence-electron chi connectivity index (χ2n) is 4.99. The summed E-state index contributed by atoms with van der Waals surface area (Å²) >= 11 is 5.97. The van der Waals surface area contributed by atoms with Crippen molar-refractivity contribution in [1.29, 1.82) is 0 Å². The Morgan fingerprint density at radius 2 is 1.83 bits per heavy atom. The second-order valence-corrected chi connectivity index (χ2v) is 5.43. The lowest BCUT2D eigenvalue weighted by molar-refractivity contribution is 0.174. The first kappa shape index (κ1) is 14.5. The Hall–Kier alpha value is -3.06. The maximum absolute atomic E-state index is 5.97. The summed E-state index contributed by atoms with van der Waals surface area (Å²) in [6.07, 6.45) is 1.54. The van der Waals surface area contributed by atoms with E-state index in [-0.39, 0.29) is 6.79 Å². The Labute approximate surface area is 142 Å². The maximum atomic E-state index is 5.97. The molecular formula is C16H12ClN5O2. The van der Waals surface area contributed by atoms with Crippen LogP contribution in [-0.2, 0) is 0 Å². The number of benzene rings is 2. The Kier molecular flexibility index (Phi) is 3.76. The van der Waals surface area contributed by atoms with E-state index < -0.39 is 0 Å². The fraction of sp³-hybridized carbons (Fsp3) is 0.0625. The number of nitrogens with zero attached hydrogens (tertiary/aromatic N) is 3. The number of fused-ring (bicyclic) bond motifs is 1. The van der Waals surface area contributed by atoms with Crippen molar-refractivity contribution < 1.29 is 9.47 Å². The molecule has 2 heterocycles. The highest BCUT2D eigenvalue weighted by Crippen LogP contribution is 2.34. The van der Waals surface area contributed by atoms with Crippen LogP contribution in [-0.4, -0.2) is 22.0 Å². The maximum Gasteiger partial charge on any atom is 0.249 e. The summed E-state index contributed by atoms with van der Waals surface area (Å²) in [7, 11) is 0. The molecule has 0 bridgehead atoms. The summed E-state index contributed by atoms with van der Waals surface area (Å²) < 4.78 is 10.6. The van der Waals surface area contributed by atoms with Gasteiger partial charge in [-0.15, -0.1) is 5.10 Å². The van der Waals surface area contributed by atoms with Crippen LogP contribution in [0.5, 0.6) is 11.5 Å². The number of ether oxygens (including phenoxy) is 2. The third kappa shape index (κ3) is 3.16. The predicted octanol–water partition coefficient (Wildman–Crippen LogP) is 3.74. The summed E-state index contributed by atoms with van der Waals surface area (Å²) in [5.41, 5.74) is 1.60. The van der Waals surface area contributed by atoms with E-state index >= 15 is 0 Å². The molecule has 3 aromatic rings. The van der Waals surface area contributed by atoms with Crippen molar-refractivity contribution in [3.8, 4) is 11.5 Å². The van der Waals surface area contributed by atoms with Crippen molar-refractivity contribution in [2.45, 2.75) is 0 Å². The highest BCUT2D eigenvalue weighted by atomic mass is 35.5. The van der Waals surface area contributed by atoms with Gasteiger partial charge in [-0.25, -0.2) is 0 Å².